The second-order valence-corrected chi connectivity index (χ2v) is 4.99. The van der Waals surface area contributed by atoms with Gasteiger partial charge in [-0.25, -0.2) is 0 Å². The molecule has 2 amide bonds. The number of esters is 1. The molecule has 0 spiro atoms. The highest BCUT2D eigenvalue weighted by Crippen LogP contribution is 2.17. The number of ether oxygens (including phenoxy) is 1. The third-order valence-electron chi connectivity index (χ3n) is 2.96. The van der Waals surface area contributed by atoms with Crippen LogP contribution in [0.4, 0.5) is 0 Å². The van der Waals surface area contributed by atoms with Crippen LogP contribution in [0.15, 0.2) is 24.3 Å². The van der Waals surface area contributed by atoms with E-state index in [0.717, 1.165) is 0 Å². The van der Waals surface area contributed by atoms with E-state index >= 15 is 0 Å². The van der Waals surface area contributed by atoms with E-state index in [1.54, 1.807) is 24.3 Å². The maximum absolute atomic E-state index is 12.5. The zero-order chi connectivity index (χ0) is 16.5. The van der Waals surface area contributed by atoms with Gasteiger partial charge in [0.1, 0.15) is 0 Å². The van der Waals surface area contributed by atoms with Crippen molar-refractivity contribution >= 4 is 29.4 Å². The van der Waals surface area contributed by atoms with E-state index in [1.807, 2.05) is 0 Å². The summed E-state index contributed by atoms with van der Waals surface area (Å²) >= 11 is 6.03. The number of nitrogens with one attached hydrogen (secondary N) is 1. The molecule has 0 aromatic heterocycles. The lowest BCUT2D eigenvalue weighted by atomic mass is 10.2. The highest BCUT2D eigenvalue weighted by Gasteiger charge is 2.19. The first-order valence-corrected chi connectivity index (χ1v) is 7.18. The summed E-state index contributed by atoms with van der Waals surface area (Å²) in [5.41, 5.74) is 0.358. The van der Waals surface area contributed by atoms with Crippen LogP contribution < -0.4 is 5.32 Å². The molecule has 120 valence electrons. The average molecular weight is 327 g/mol. The van der Waals surface area contributed by atoms with Gasteiger partial charge in [-0.15, -0.1) is 0 Å². The third-order valence-corrected chi connectivity index (χ3v) is 3.29. The molecule has 1 aromatic rings. The third kappa shape index (κ3) is 5.73. The molecule has 6 nitrogen and oxygen atoms in total. The highest BCUT2D eigenvalue weighted by atomic mass is 35.5. The molecule has 1 rings (SSSR count). The molecule has 1 N–H and O–H groups in total. The molecule has 0 fully saturated rings. The molecule has 0 saturated carbocycles. The first-order chi connectivity index (χ1) is 10.5. The van der Waals surface area contributed by atoms with Crippen LogP contribution in [-0.4, -0.2) is 49.4 Å². The number of carbonyl (C=O) groups excluding carboxylic acids is 3. The fourth-order valence-corrected chi connectivity index (χ4v) is 2.03. The molecular formula is C15H19ClN2O4. The van der Waals surface area contributed by atoms with Crippen LogP contribution in [0.1, 0.15) is 23.7 Å². The maximum atomic E-state index is 12.5. The summed E-state index contributed by atoms with van der Waals surface area (Å²) in [7, 11) is 1.29. The number of carbonyl (C=O) groups is 3. The Hall–Kier alpha value is -2.08. The van der Waals surface area contributed by atoms with Crippen LogP contribution in [-0.2, 0) is 14.3 Å². The van der Waals surface area contributed by atoms with Gasteiger partial charge in [-0.2, -0.15) is 0 Å². The Kier molecular flexibility index (Phi) is 7.39. The molecule has 0 atom stereocenters. The van der Waals surface area contributed by atoms with Crippen LogP contribution in [0.25, 0.3) is 0 Å². The van der Waals surface area contributed by atoms with Crippen molar-refractivity contribution in [3.63, 3.8) is 0 Å². The number of benzene rings is 1. The summed E-state index contributed by atoms with van der Waals surface area (Å²) in [6.07, 6.45) is 0.0762. The highest BCUT2D eigenvalue weighted by molar-refractivity contribution is 6.33. The quantitative estimate of drug-likeness (QED) is 0.770. The van der Waals surface area contributed by atoms with Crippen molar-refractivity contribution in [1.82, 2.24) is 10.2 Å². The van der Waals surface area contributed by atoms with Crippen LogP contribution >= 0.6 is 11.6 Å². The number of halogens is 1. The molecule has 0 aliphatic heterocycles. The Bertz CT molecular complexity index is 548. The molecule has 1 aromatic carbocycles. The van der Waals surface area contributed by atoms with Crippen LogP contribution in [0, 0.1) is 0 Å². The number of hydrogen-bond donors (Lipinski definition) is 1. The van der Waals surface area contributed by atoms with Gasteiger partial charge in [0.15, 0.2) is 0 Å². The van der Waals surface area contributed by atoms with E-state index in [-0.39, 0.29) is 31.3 Å². The lowest BCUT2D eigenvalue weighted by Crippen LogP contribution is -2.39. The van der Waals surface area contributed by atoms with Gasteiger partial charge >= 0.3 is 5.97 Å². The average Bonchev–Trinajstić information content (AvgIpc) is 2.49. The normalized spacial score (nSPS) is 9.95. The minimum absolute atomic E-state index is 0.0762. The molecule has 0 aliphatic rings. The van der Waals surface area contributed by atoms with E-state index < -0.39 is 5.97 Å². The molecule has 0 aliphatic carbocycles. The van der Waals surface area contributed by atoms with Crippen molar-refractivity contribution in [2.75, 3.05) is 26.7 Å². The van der Waals surface area contributed by atoms with Gasteiger partial charge in [0.25, 0.3) is 5.91 Å². The Balaban J connectivity index is 2.78. The van der Waals surface area contributed by atoms with E-state index in [4.69, 9.17) is 11.6 Å². The van der Waals surface area contributed by atoms with Crippen molar-refractivity contribution in [2.24, 2.45) is 0 Å². The molecule has 0 bridgehead atoms. The zero-order valence-corrected chi connectivity index (χ0v) is 13.4. The lowest BCUT2D eigenvalue weighted by molar-refractivity contribution is -0.140. The number of nitrogens with zero attached hydrogens (tertiary/aromatic N) is 1. The summed E-state index contributed by atoms with van der Waals surface area (Å²) in [6.45, 7) is 2.16. The summed E-state index contributed by atoms with van der Waals surface area (Å²) < 4.78 is 4.58. The summed E-state index contributed by atoms with van der Waals surface area (Å²) in [4.78, 5) is 36.2. The zero-order valence-electron chi connectivity index (χ0n) is 12.6. The Labute approximate surface area is 134 Å². The van der Waals surface area contributed by atoms with Gasteiger partial charge in [-0.1, -0.05) is 23.7 Å². The number of amides is 2. The SMILES string of the molecule is COC(=O)CCN(CCNC(C)=O)C(=O)c1ccccc1Cl. The first-order valence-electron chi connectivity index (χ1n) is 6.80. The first kappa shape index (κ1) is 18.0. The van der Waals surface area contributed by atoms with Gasteiger partial charge in [0.2, 0.25) is 5.91 Å². The monoisotopic (exact) mass is 326 g/mol. The molecule has 0 saturated heterocycles. The van der Waals surface area contributed by atoms with Gasteiger partial charge < -0.3 is 15.0 Å². The molecule has 0 radical (unpaired) electrons. The smallest absolute Gasteiger partial charge is 0.307 e. The largest absolute Gasteiger partial charge is 0.469 e. The fraction of sp³-hybridized carbons (Fsp3) is 0.400. The minimum atomic E-state index is -0.406. The van der Waals surface area contributed by atoms with E-state index in [0.29, 0.717) is 17.1 Å². The van der Waals surface area contributed by atoms with Crippen molar-refractivity contribution in [3.8, 4) is 0 Å². The number of rotatable bonds is 7. The number of methoxy groups -OCH3 is 1. The summed E-state index contributed by atoms with van der Waals surface area (Å²) in [6, 6.07) is 6.69. The molecular weight excluding hydrogens is 308 g/mol. The maximum Gasteiger partial charge on any atom is 0.307 e. The van der Waals surface area contributed by atoms with E-state index in [1.165, 1.54) is 18.9 Å². The Morgan fingerprint density at radius 3 is 2.50 bits per heavy atom. The van der Waals surface area contributed by atoms with Gasteiger partial charge in [-0.05, 0) is 12.1 Å². The summed E-state index contributed by atoms with van der Waals surface area (Å²) in [5.74, 6) is -0.880. The topological polar surface area (TPSA) is 75.7 Å². The molecule has 0 unspecified atom stereocenters. The Morgan fingerprint density at radius 1 is 1.23 bits per heavy atom. The second kappa shape index (κ2) is 9.04. The van der Waals surface area contributed by atoms with Crippen molar-refractivity contribution in [1.29, 1.82) is 0 Å². The lowest BCUT2D eigenvalue weighted by Gasteiger charge is -2.23. The van der Waals surface area contributed by atoms with Crippen molar-refractivity contribution < 1.29 is 19.1 Å². The summed E-state index contributed by atoms with van der Waals surface area (Å²) in [5, 5.41) is 2.96. The van der Waals surface area contributed by atoms with E-state index in [2.05, 4.69) is 10.1 Å². The van der Waals surface area contributed by atoms with Crippen LogP contribution in [0.2, 0.25) is 5.02 Å². The van der Waals surface area contributed by atoms with Gasteiger partial charge in [0.05, 0.1) is 24.1 Å². The van der Waals surface area contributed by atoms with Gasteiger partial charge in [-0.3, -0.25) is 14.4 Å². The van der Waals surface area contributed by atoms with Crippen LogP contribution in [0.5, 0.6) is 0 Å². The Morgan fingerprint density at radius 2 is 1.91 bits per heavy atom. The second-order valence-electron chi connectivity index (χ2n) is 4.58. The standard InChI is InChI=1S/C15H19ClN2O4/c1-11(19)17-8-10-18(9-7-14(20)22-2)15(21)12-5-3-4-6-13(12)16/h3-6H,7-10H2,1-2H3,(H,17,19). The van der Waals surface area contributed by atoms with Crippen molar-refractivity contribution in [3.05, 3.63) is 34.9 Å². The van der Waals surface area contributed by atoms with E-state index in [9.17, 15) is 14.4 Å². The molecule has 22 heavy (non-hydrogen) atoms. The predicted octanol–water partition coefficient (Wildman–Crippen LogP) is 1.48. The number of hydrogen-bond acceptors (Lipinski definition) is 4. The van der Waals surface area contributed by atoms with Gasteiger partial charge in [0, 0.05) is 26.6 Å². The predicted molar refractivity (Wildman–Crippen MR) is 82.7 cm³/mol. The minimum Gasteiger partial charge on any atom is -0.469 e. The van der Waals surface area contributed by atoms with Crippen molar-refractivity contribution in [2.45, 2.75) is 13.3 Å². The van der Waals surface area contributed by atoms with Crippen LogP contribution in [0.3, 0.4) is 0 Å². The fourth-order valence-electron chi connectivity index (χ4n) is 1.82. The molecule has 7 heteroatoms. The molecule has 0 heterocycles.